The Hall–Kier alpha value is -2.99. The Morgan fingerprint density at radius 2 is 1.80 bits per heavy atom. The first kappa shape index (κ1) is 14.4. The topological polar surface area (TPSA) is 64.5 Å². The van der Waals surface area contributed by atoms with Crippen LogP contribution in [0.15, 0.2) is 55.4 Å². The van der Waals surface area contributed by atoms with Gasteiger partial charge in [0.25, 0.3) is 0 Å². The van der Waals surface area contributed by atoms with Gasteiger partial charge in [0.05, 0.1) is 22.0 Å². The van der Waals surface area contributed by atoms with E-state index >= 15 is 0 Å². The summed E-state index contributed by atoms with van der Waals surface area (Å²) < 4.78 is 0. The van der Waals surface area contributed by atoms with Gasteiger partial charge < -0.3 is 0 Å². The second-order valence-corrected chi connectivity index (χ2v) is 6.90. The lowest BCUT2D eigenvalue weighted by atomic mass is 9.93. The van der Waals surface area contributed by atoms with Crippen LogP contribution in [0.3, 0.4) is 0 Å². The summed E-state index contributed by atoms with van der Waals surface area (Å²) in [6.07, 6.45) is 10.9. The molecule has 0 unspecified atom stereocenters. The maximum atomic E-state index is 4.90. The third-order valence-corrected chi connectivity index (χ3v) is 5.39. The predicted molar refractivity (Wildman–Crippen MR) is 97.0 cm³/mol. The zero-order chi connectivity index (χ0) is 16.6. The lowest BCUT2D eigenvalue weighted by molar-refractivity contribution is 0.897. The van der Waals surface area contributed by atoms with Gasteiger partial charge in [0.2, 0.25) is 0 Å². The molecule has 5 nitrogen and oxygen atoms in total. The number of fused-ring (bicyclic) bond motifs is 3. The average Bonchev–Trinajstić information content (AvgIpc) is 3.18. The maximum absolute atomic E-state index is 4.90. The minimum absolute atomic E-state index is 0.929. The molecule has 0 atom stereocenters. The van der Waals surface area contributed by atoms with Crippen LogP contribution < -0.4 is 0 Å². The molecule has 0 aliphatic heterocycles. The molecule has 0 fully saturated rings. The molecule has 0 N–H and O–H groups in total. The fraction of sp³-hybridized carbons (Fsp3) is 0.105. The standard InChI is InChI=1S/C19H13N5S/c1-2-14(9-20-7-1)19-22-10-16(25-19)15-6-5-12-3-4-13-8-21-11-23-17(13)18(12)24-15/h1-2,5-11H,3-4H2. The van der Waals surface area contributed by atoms with Gasteiger partial charge in [0.15, 0.2) is 0 Å². The Morgan fingerprint density at radius 1 is 0.840 bits per heavy atom. The summed E-state index contributed by atoms with van der Waals surface area (Å²) in [5.41, 5.74) is 6.28. The quantitative estimate of drug-likeness (QED) is 0.553. The highest BCUT2D eigenvalue weighted by molar-refractivity contribution is 7.18. The first-order chi connectivity index (χ1) is 12.4. The van der Waals surface area contributed by atoms with Crippen LogP contribution in [-0.2, 0) is 12.8 Å². The van der Waals surface area contributed by atoms with E-state index in [-0.39, 0.29) is 0 Å². The molecule has 0 spiro atoms. The lowest BCUT2D eigenvalue weighted by Gasteiger charge is -2.17. The number of hydrogen-bond donors (Lipinski definition) is 0. The molecule has 4 heterocycles. The van der Waals surface area contributed by atoms with Crippen LogP contribution in [0.5, 0.6) is 0 Å². The van der Waals surface area contributed by atoms with Crippen LogP contribution in [-0.4, -0.2) is 24.9 Å². The molecule has 0 radical (unpaired) electrons. The van der Waals surface area contributed by atoms with Gasteiger partial charge in [0.1, 0.15) is 11.3 Å². The van der Waals surface area contributed by atoms with Crippen LogP contribution in [0.4, 0.5) is 0 Å². The maximum Gasteiger partial charge on any atom is 0.125 e. The van der Waals surface area contributed by atoms with Gasteiger partial charge in [-0.1, -0.05) is 6.07 Å². The molecule has 5 rings (SSSR count). The third kappa shape index (κ3) is 2.51. The van der Waals surface area contributed by atoms with Crippen molar-refractivity contribution >= 4 is 11.3 Å². The number of aryl methyl sites for hydroxylation is 2. The zero-order valence-electron chi connectivity index (χ0n) is 13.3. The van der Waals surface area contributed by atoms with E-state index in [1.807, 2.05) is 30.7 Å². The van der Waals surface area contributed by atoms with E-state index in [0.29, 0.717) is 0 Å². The number of hydrogen-bond acceptors (Lipinski definition) is 6. The molecular formula is C19H13N5S. The van der Waals surface area contributed by atoms with Crippen molar-refractivity contribution in [3.63, 3.8) is 0 Å². The number of rotatable bonds is 2. The second-order valence-electron chi connectivity index (χ2n) is 5.87. The van der Waals surface area contributed by atoms with Crippen molar-refractivity contribution in [1.82, 2.24) is 24.9 Å². The van der Waals surface area contributed by atoms with Crippen LogP contribution in [0.2, 0.25) is 0 Å². The SMILES string of the molecule is c1cncc(-c2ncc(-c3ccc4c(n3)-c3ncncc3CC4)s2)c1. The number of aromatic nitrogens is 5. The van der Waals surface area contributed by atoms with E-state index < -0.39 is 0 Å². The molecule has 120 valence electrons. The Balaban J connectivity index is 1.58. The summed E-state index contributed by atoms with van der Waals surface area (Å²) in [7, 11) is 0. The lowest BCUT2D eigenvalue weighted by Crippen LogP contribution is -2.08. The normalized spacial score (nSPS) is 12.5. The Bertz CT molecular complexity index is 1060. The zero-order valence-corrected chi connectivity index (χ0v) is 14.1. The monoisotopic (exact) mass is 343 g/mol. The van der Waals surface area contributed by atoms with Crippen molar-refractivity contribution in [3.05, 3.63) is 66.5 Å². The number of pyridine rings is 2. The van der Waals surface area contributed by atoms with E-state index in [2.05, 4.69) is 32.1 Å². The molecule has 0 amide bonds. The van der Waals surface area contributed by atoms with E-state index in [0.717, 1.165) is 45.4 Å². The highest BCUT2D eigenvalue weighted by Crippen LogP contribution is 2.35. The van der Waals surface area contributed by atoms with E-state index in [4.69, 9.17) is 4.98 Å². The van der Waals surface area contributed by atoms with Gasteiger partial charge in [-0.25, -0.2) is 19.9 Å². The van der Waals surface area contributed by atoms with Crippen LogP contribution in [0.1, 0.15) is 11.1 Å². The summed E-state index contributed by atoms with van der Waals surface area (Å²) in [6.45, 7) is 0. The van der Waals surface area contributed by atoms with E-state index in [9.17, 15) is 0 Å². The molecule has 0 saturated heterocycles. The summed E-state index contributed by atoms with van der Waals surface area (Å²) in [6, 6.07) is 8.17. The molecule has 1 aliphatic rings. The summed E-state index contributed by atoms with van der Waals surface area (Å²) in [4.78, 5) is 23.2. The third-order valence-electron chi connectivity index (χ3n) is 4.32. The highest BCUT2D eigenvalue weighted by Gasteiger charge is 2.20. The predicted octanol–water partition coefficient (Wildman–Crippen LogP) is 3.82. The van der Waals surface area contributed by atoms with Crippen molar-refractivity contribution in [3.8, 4) is 32.5 Å². The highest BCUT2D eigenvalue weighted by atomic mass is 32.1. The number of thiazole rings is 1. The van der Waals surface area contributed by atoms with Crippen molar-refractivity contribution in [2.75, 3.05) is 0 Å². The molecule has 0 bridgehead atoms. The molecule has 6 heteroatoms. The molecular weight excluding hydrogens is 330 g/mol. The van der Waals surface area contributed by atoms with Crippen LogP contribution in [0, 0.1) is 0 Å². The Morgan fingerprint density at radius 3 is 2.72 bits per heavy atom. The summed E-state index contributed by atoms with van der Waals surface area (Å²) in [5, 5.41) is 0.949. The first-order valence-electron chi connectivity index (χ1n) is 8.04. The molecule has 4 aromatic rings. The van der Waals surface area contributed by atoms with Crippen molar-refractivity contribution in [2.45, 2.75) is 12.8 Å². The van der Waals surface area contributed by atoms with Crippen molar-refractivity contribution in [2.24, 2.45) is 0 Å². The van der Waals surface area contributed by atoms with Gasteiger partial charge in [0, 0.05) is 30.4 Å². The van der Waals surface area contributed by atoms with Crippen LogP contribution in [0.25, 0.3) is 32.5 Å². The number of nitrogens with zero attached hydrogens (tertiary/aromatic N) is 5. The Kier molecular flexibility index (Phi) is 3.34. The molecule has 0 aromatic carbocycles. The first-order valence-corrected chi connectivity index (χ1v) is 8.86. The smallest absolute Gasteiger partial charge is 0.125 e. The second kappa shape index (κ2) is 5.82. The van der Waals surface area contributed by atoms with Gasteiger partial charge >= 0.3 is 0 Å². The van der Waals surface area contributed by atoms with Gasteiger partial charge in [-0.15, -0.1) is 11.3 Å². The molecule has 25 heavy (non-hydrogen) atoms. The Labute approximate surface area is 148 Å². The molecule has 1 aliphatic carbocycles. The minimum Gasteiger partial charge on any atom is -0.264 e. The molecule has 4 aromatic heterocycles. The van der Waals surface area contributed by atoms with Gasteiger partial charge in [-0.05, 0) is 42.2 Å². The average molecular weight is 343 g/mol. The summed E-state index contributed by atoms with van der Waals surface area (Å²) in [5.74, 6) is 0. The van der Waals surface area contributed by atoms with Gasteiger partial charge in [-0.2, -0.15) is 0 Å². The van der Waals surface area contributed by atoms with Crippen molar-refractivity contribution in [1.29, 1.82) is 0 Å². The van der Waals surface area contributed by atoms with Gasteiger partial charge in [-0.3, -0.25) is 4.98 Å². The largest absolute Gasteiger partial charge is 0.264 e. The van der Waals surface area contributed by atoms with Crippen molar-refractivity contribution < 1.29 is 0 Å². The minimum atomic E-state index is 0.929. The summed E-state index contributed by atoms with van der Waals surface area (Å²) >= 11 is 1.62. The van der Waals surface area contributed by atoms with E-state index in [1.54, 1.807) is 23.9 Å². The fourth-order valence-electron chi connectivity index (χ4n) is 3.07. The fourth-order valence-corrected chi connectivity index (χ4v) is 3.95. The van der Waals surface area contributed by atoms with E-state index in [1.165, 1.54) is 11.1 Å². The molecule has 0 saturated carbocycles. The van der Waals surface area contributed by atoms with Crippen LogP contribution >= 0.6 is 11.3 Å².